The smallest absolute Gasteiger partial charge is 0.324 e. The van der Waals surface area contributed by atoms with Crippen molar-refractivity contribution in [2.75, 3.05) is 5.32 Å². The molecule has 0 unspecified atom stereocenters. The highest BCUT2D eigenvalue weighted by atomic mass is 32.1. The second-order valence-electron chi connectivity index (χ2n) is 7.44. The van der Waals surface area contributed by atoms with Gasteiger partial charge in [0, 0.05) is 12.2 Å². The van der Waals surface area contributed by atoms with Crippen LogP contribution in [0.3, 0.4) is 0 Å². The third-order valence-corrected chi connectivity index (χ3v) is 5.42. The van der Waals surface area contributed by atoms with E-state index in [-0.39, 0.29) is 29.7 Å². The van der Waals surface area contributed by atoms with Gasteiger partial charge in [-0.25, -0.2) is 13.9 Å². The zero-order valence-electron chi connectivity index (χ0n) is 16.4. The lowest BCUT2D eigenvalue weighted by atomic mass is 10.2. The lowest BCUT2D eigenvalue weighted by Gasteiger charge is -2.09. The van der Waals surface area contributed by atoms with Crippen LogP contribution in [0.4, 0.5) is 5.69 Å². The van der Waals surface area contributed by atoms with Crippen LogP contribution in [0.25, 0.3) is 16.0 Å². The lowest BCUT2D eigenvalue weighted by Crippen LogP contribution is -2.29. The Morgan fingerprint density at radius 1 is 1.24 bits per heavy atom. The summed E-state index contributed by atoms with van der Waals surface area (Å²) in [6.07, 6.45) is 0. The maximum absolute atomic E-state index is 13.0. The number of fused-ring (bicyclic) bond motifs is 3. The van der Waals surface area contributed by atoms with E-state index in [1.807, 2.05) is 39.0 Å². The van der Waals surface area contributed by atoms with Gasteiger partial charge in [0.05, 0.1) is 5.52 Å². The maximum atomic E-state index is 13.0. The van der Waals surface area contributed by atoms with Gasteiger partial charge in [-0.1, -0.05) is 26.0 Å². The molecule has 29 heavy (non-hydrogen) atoms. The van der Waals surface area contributed by atoms with Crippen LogP contribution >= 0.6 is 11.3 Å². The molecule has 0 bridgehead atoms. The third-order valence-electron chi connectivity index (χ3n) is 4.53. The van der Waals surface area contributed by atoms with Gasteiger partial charge >= 0.3 is 5.69 Å². The summed E-state index contributed by atoms with van der Waals surface area (Å²) in [7, 11) is 0. The monoisotopic (exact) mass is 411 g/mol. The van der Waals surface area contributed by atoms with E-state index in [4.69, 9.17) is 0 Å². The van der Waals surface area contributed by atoms with Crippen molar-refractivity contribution in [2.24, 2.45) is 5.92 Å². The van der Waals surface area contributed by atoms with Crippen LogP contribution in [0.2, 0.25) is 0 Å². The highest BCUT2D eigenvalue weighted by Crippen LogP contribution is 2.18. The van der Waals surface area contributed by atoms with E-state index < -0.39 is 5.69 Å². The molecule has 0 aliphatic heterocycles. The summed E-state index contributed by atoms with van der Waals surface area (Å²) >= 11 is 1.30. The van der Waals surface area contributed by atoms with Crippen molar-refractivity contribution < 1.29 is 4.79 Å². The highest BCUT2D eigenvalue weighted by molar-refractivity contribution is 7.17. The number of hydrogen-bond acceptors (Lipinski definition) is 5. The molecule has 0 radical (unpaired) electrons. The molecule has 150 valence electrons. The fraction of sp³-hybridized carbons (Fsp3) is 0.300. The van der Waals surface area contributed by atoms with E-state index in [1.165, 1.54) is 20.3 Å². The first-order chi connectivity index (χ1) is 13.8. The number of nitrogens with zero attached hydrogens (tertiary/aromatic N) is 4. The van der Waals surface area contributed by atoms with Gasteiger partial charge < -0.3 is 5.32 Å². The number of nitrogens with one attached hydrogen (secondary N) is 1. The fourth-order valence-electron chi connectivity index (χ4n) is 3.33. The second-order valence-corrected chi connectivity index (χ2v) is 8.35. The van der Waals surface area contributed by atoms with Crippen LogP contribution < -0.4 is 16.6 Å². The van der Waals surface area contributed by atoms with Crippen molar-refractivity contribution in [3.63, 3.8) is 0 Å². The minimum Gasteiger partial charge on any atom is -0.324 e. The van der Waals surface area contributed by atoms with E-state index in [0.717, 1.165) is 10.2 Å². The first-order valence-corrected chi connectivity index (χ1v) is 10.2. The number of amides is 1. The molecule has 1 aromatic carbocycles. The van der Waals surface area contributed by atoms with Crippen LogP contribution in [0.15, 0.2) is 45.3 Å². The standard InChI is InChI=1S/C20H21N5O3S/c1-12(2)10-23-18(27)17-15(7-8-29-17)25-19(23)22-24(20(25)28)11-16(26)21-14-6-4-5-13(3)9-14/h4-9,12H,10-11H2,1-3H3,(H,21,26). The van der Waals surface area contributed by atoms with E-state index in [1.54, 1.807) is 17.5 Å². The number of thiophene rings is 1. The molecule has 3 heterocycles. The first-order valence-electron chi connectivity index (χ1n) is 9.31. The second kappa shape index (κ2) is 7.32. The Hall–Kier alpha value is -3.20. The van der Waals surface area contributed by atoms with Crippen molar-refractivity contribution >= 4 is 38.9 Å². The number of carbonyl (C=O) groups is 1. The minimum atomic E-state index is -0.444. The van der Waals surface area contributed by atoms with Crippen LogP contribution in [0.1, 0.15) is 19.4 Å². The van der Waals surface area contributed by atoms with E-state index in [9.17, 15) is 14.4 Å². The zero-order valence-corrected chi connectivity index (χ0v) is 17.2. The molecule has 0 saturated heterocycles. The molecule has 0 aliphatic carbocycles. The normalized spacial score (nSPS) is 11.6. The van der Waals surface area contributed by atoms with Gasteiger partial charge in [0.1, 0.15) is 11.2 Å². The quantitative estimate of drug-likeness (QED) is 0.546. The van der Waals surface area contributed by atoms with Crippen molar-refractivity contribution in [1.82, 2.24) is 18.7 Å². The summed E-state index contributed by atoms with van der Waals surface area (Å²) in [5.41, 5.74) is 1.58. The molecule has 0 saturated carbocycles. The molecule has 3 aromatic heterocycles. The van der Waals surface area contributed by atoms with Crippen molar-refractivity contribution in [3.8, 4) is 0 Å². The Bertz CT molecular complexity index is 1340. The predicted molar refractivity (Wildman–Crippen MR) is 114 cm³/mol. The molecule has 8 nitrogen and oxygen atoms in total. The summed E-state index contributed by atoms with van der Waals surface area (Å²) in [5.74, 6) is 0.0853. The van der Waals surface area contributed by atoms with E-state index in [2.05, 4.69) is 10.4 Å². The number of rotatable bonds is 5. The van der Waals surface area contributed by atoms with E-state index >= 15 is 0 Å². The molecule has 1 N–H and O–H groups in total. The molecule has 1 amide bonds. The van der Waals surface area contributed by atoms with Gasteiger partial charge in [-0.05, 0) is 42.0 Å². The largest absolute Gasteiger partial charge is 0.352 e. The molecule has 4 rings (SSSR count). The molecular formula is C20H21N5O3S. The number of carbonyl (C=O) groups excluding carboxylic acids is 1. The predicted octanol–water partition coefficient (Wildman–Crippen LogP) is 2.48. The van der Waals surface area contributed by atoms with Gasteiger partial charge in [0.2, 0.25) is 11.7 Å². The van der Waals surface area contributed by atoms with Gasteiger partial charge in [0.15, 0.2) is 0 Å². The summed E-state index contributed by atoms with van der Waals surface area (Å²) in [6.45, 7) is 6.11. The third kappa shape index (κ3) is 3.49. The number of aromatic nitrogens is 4. The Kier molecular flexibility index (Phi) is 4.83. The Labute approximate surface area is 170 Å². The summed E-state index contributed by atoms with van der Waals surface area (Å²) in [5, 5.41) is 8.88. The number of benzene rings is 1. The molecule has 0 atom stereocenters. The summed E-state index contributed by atoms with van der Waals surface area (Å²) < 4.78 is 4.53. The molecule has 9 heteroatoms. The van der Waals surface area contributed by atoms with Crippen LogP contribution in [0.5, 0.6) is 0 Å². The van der Waals surface area contributed by atoms with Crippen molar-refractivity contribution in [3.05, 3.63) is 62.1 Å². The summed E-state index contributed by atoms with van der Waals surface area (Å²) in [6, 6.07) is 9.14. The lowest BCUT2D eigenvalue weighted by molar-refractivity contribution is -0.117. The van der Waals surface area contributed by atoms with Crippen LogP contribution in [-0.4, -0.2) is 24.7 Å². The molecule has 0 spiro atoms. The zero-order chi connectivity index (χ0) is 20.7. The average molecular weight is 411 g/mol. The minimum absolute atomic E-state index is 0.169. The van der Waals surface area contributed by atoms with Crippen molar-refractivity contribution in [1.29, 1.82) is 0 Å². The summed E-state index contributed by atoms with van der Waals surface area (Å²) in [4.78, 5) is 38.4. The number of aryl methyl sites for hydroxylation is 1. The Morgan fingerprint density at radius 2 is 2.03 bits per heavy atom. The molecule has 0 aliphatic rings. The van der Waals surface area contributed by atoms with Gasteiger partial charge in [0.25, 0.3) is 5.56 Å². The SMILES string of the molecule is Cc1cccc(NC(=O)Cn2nc3n(CC(C)C)c(=O)c4sccc4n3c2=O)c1. The topological polar surface area (TPSA) is 90.4 Å². The first kappa shape index (κ1) is 19.1. The number of hydrogen-bond donors (Lipinski definition) is 1. The van der Waals surface area contributed by atoms with Gasteiger partial charge in [-0.2, -0.15) is 0 Å². The molecule has 4 aromatic rings. The highest BCUT2D eigenvalue weighted by Gasteiger charge is 2.19. The fourth-order valence-corrected chi connectivity index (χ4v) is 4.15. The molecular weight excluding hydrogens is 390 g/mol. The number of anilines is 1. The van der Waals surface area contributed by atoms with Gasteiger partial charge in [-0.15, -0.1) is 16.4 Å². The van der Waals surface area contributed by atoms with Crippen LogP contribution in [0, 0.1) is 12.8 Å². The van der Waals surface area contributed by atoms with Gasteiger partial charge in [-0.3, -0.25) is 14.2 Å². The Balaban J connectivity index is 1.78. The Morgan fingerprint density at radius 3 is 2.76 bits per heavy atom. The maximum Gasteiger partial charge on any atom is 0.352 e. The van der Waals surface area contributed by atoms with Crippen molar-refractivity contribution in [2.45, 2.75) is 33.9 Å². The average Bonchev–Trinajstić information content (AvgIpc) is 3.24. The van der Waals surface area contributed by atoms with Crippen LogP contribution in [-0.2, 0) is 17.9 Å². The molecule has 0 fully saturated rings. The van der Waals surface area contributed by atoms with E-state index in [0.29, 0.717) is 22.4 Å².